The van der Waals surface area contributed by atoms with Crippen LogP contribution in [0.4, 0.5) is 37.2 Å². The summed E-state index contributed by atoms with van der Waals surface area (Å²) in [6, 6.07) is 56.1. The van der Waals surface area contributed by atoms with E-state index in [9.17, 15) is 83.3 Å². The maximum atomic E-state index is 13.9. The zero-order valence-electron chi connectivity index (χ0n) is 79.5. The Morgan fingerprint density at radius 3 is 0.936 bits per heavy atom. The van der Waals surface area contributed by atoms with E-state index in [1.807, 2.05) is 68.4 Å². The van der Waals surface area contributed by atoms with Crippen LogP contribution in [0.5, 0.6) is 0 Å². The minimum atomic E-state index is -0.546. The van der Waals surface area contributed by atoms with Gasteiger partial charge in [-0.3, -0.25) is 99.0 Å². The molecule has 9 aromatic carbocycles. The van der Waals surface area contributed by atoms with Gasteiger partial charge in [0.1, 0.15) is 16.7 Å². The Labute approximate surface area is 834 Å². The molecule has 5 amide bonds. The quantitative estimate of drug-likeness (QED) is 0.0182. The predicted molar refractivity (Wildman–Crippen MR) is 543 cm³/mol. The lowest BCUT2D eigenvalue weighted by Crippen LogP contribution is -2.40. The number of rotatable bonds is 35. The third kappa shape index (κ3) is 31.4. The highest BCUT2D eigenvalue weighted by Gasteiger charge is 2.32. The van der Waals surface area contributed by atoms with Gasteiger partial charge in [0.15, 0.2) is 0 Å². The van der Waals surface area contributed by atoms with Gasteiger partial charge in [0.05, 0.1) is 49.1 Å². The number of nitrogens with one attached hydrogen (secondary N) is 5. The molecule has 140 heavy (non-hydrogen) atoms. The molecule has 5 N–H and O–H groups in total. The second kappa shape index (κ2) is 54.0. The third-order valence-electron chi connectivity index (χ3n) is 24.9. The second-order valence-corrected chi connectivity index (χ2v) is 39.5. The van der Waals surface area contributed by atoms with Crippen LogP contribution >= 0.6 is 58.8 Å². The van der Waals surface area contributed by atoms with Gasteiger partial charge in [-0.2, -0.15) is 0 Å². The fourth-order valence-electron chi connectivity index (χ4n) is 17.2. The number of carbonyl (C=O) groups is 5. The summed E-state index contributed by atoms with van der Waals surface area (Å²) in [5, 5.41) is 72.8. The fraction of sp³-hybridized carbons (Fsp3) is 0.373. The zero-order valence-corrected chi connectivity index (χ0v) is 83.6. The molecule has 5 unspecified atom stereocenters. The summed E-state index contributed by atoms with van der Waals surface area (Å²) < 4.78 is 27.6. The highest BCUT2D eigenvalue weighted by atomic mass is 32.2. The van der Waals surface area contributed by atoms with Gasteiger partial charge < -0.3 is 26.6 Å². The SMILES string of the molecule is CCN1CCCC1CNC(=O)c1ccc(Sc2ccc(C)c(F)c2)c([N+](=O)[O-])c1.CCN1CCCC1CNC(=O)c1ccc(Sc2ccc(C)cc2)c([N+](=O)[O-])c1.CCN1CCCC1CNC(=O)c1ccc(Sc2cccc(C)c2)c([N+](=O)[O-])c1.CCN1CCCC1CNC(=O)c1ccc(Sc2ccccc2F)c([N+](=O)[O-])c1.CCN1CCCC1CNC(=O)c1ccc(Sc2ccccn2)c([N+](=O)[O-])c1. The Bertz CT molecular complexity index is 6000. The summed E-state index contributed by atoms with van der Waals surface area (Å²) in [5.74, 6) is -2.28. The minimum Gasteiger partial charge on any atom is -0.350 e. The van der Waals surface area contributed by atoms with Crippen molar-refractivity contribution in [1.29, 1.82) is 0 Å². The Hall–Kier alpha value is -12.1. The summed E-state index contributed by atoms with van der Waals surface area (Å²) in [6.45, 7) is 29.0. The first-order chi connectivity index (χ1) is 67.4. The van der Waals surface area contributed by atoms with E-state index in [0.717, 1.165) is 174 Å². The molecule has 1 aromatic heterocycles. The first kappa shape index (κ1) is 108. The Balaban J connectivity index is 0.000000167. The number of likely N-dealkylation sites (tertiary alicyclic amines) is 5. The number of hydrogen-bond donors (Lipinski definition) is 5. The molecule has 5 saturated heterocycles. The Kier molecular flexibility index (Phi) is 41.8. The van der Waals surface area contributed by atoms with Crippen molar-refractivity contribution >= 4 is 117 Å². The lowest BCUT2D eigenvalue weighted by Gasteiger charge is -2.22. The van der Waals surface area contributed by atoms with E-state index in [0.29, 0.717) is 124 Å². The molecule has 5 aliphatic rings. The average Bonchev–Trinajstić information content (AvgIpc) is 0.963. The van der Waals surface area contributed by atoms with Gasteiger partial charge in [-0.15, -0.1) is 0 Å². The monoisotopic (exact) mass is 2000 g/mol. The molecule has 0 aliphatic carbocycles. The topological polar surface area (TPSA) is 390 Å². The molecule has 0 saturated carbocycles. The molecule has 0 bridgehead atoms. The van der Waals surface area contributed by atoms with Crippen LogP contribution in [-0.2, 0) is 0 Å². The molecule has 10 aromatic rings. The van der Waals surface area contributed by atoms with Crippen LogP contribution in [0, 0.1) is 83.0 Å². The molecule has 0 spiro atoms. The number of aromatic nitrogens is 1. The van der Waals surface area contributed by atoms with Crippen LogP contribution in [0.15, 0.2) is 255 Å². The van der Waals surface area contributed by atoms with Gasteiger partial charge in [0, 0.05) is 147 Å². The van der Waals surface area contributed by atoms with E-state index >= 15 is 0 Å². The largest absolute Gasteiger partial charge is 0.350 e. The van der Waals surface area contributed by atoms with Crippen molar-refractivity contribution in [3.8, 4) is 0 Å². The minimum absolute atomic E-state index is 0.0461. The standard InChI is InChI=1S/C21H24FN3O3S.2C21H25N3O3S.C20H22FN3O3S.C19H22N4O3S/c1-3-24-10-4-5-16(24)13-23-21(26)15-7-9-20(19(11-15)25(27)28)29-17-8-6-14(2)18(22)12-17;1-3-23-11-5-7-17(23)14-22-21(25)16-9-10-20(19(13-16)24(26)27)28-18-8-4-6-15(2)12-18;1-3-23-12-4-5-17(23)14-22-21(25)16-8-11-20(19(13-16)24(26)27)28-18-9-6-15(2)7-10-18;1-2-23-11-5-6-15(23)13-22-20(25)14-9-10-19(17(12-14)24(26)27)28-18-8-4-3-7-16(18)21;1-2-22-11-5-6-15(22)13-21-19(24)14-8-9-17(16(12-14)23(25)26)27-18-7-3-4-10-20-18/h6-9,11-12,16H,3-5,10,13H2,1-2H3,(H,23,26);4,6,8-10,12-13,17H,3,5,7,11,14H2,1-2H3,(H,22,25);6-11,13,17H,3-5,12,14H2,1-2H3,(H,22,25);3-4,7-10,12,15H,2,5-6,11,13H2,1H3,(H,22,25);3-4,7-10,12,15H,2,5-6,11,13H2,1H3,(H,21,24). The molecule has 15 rings (SSSR count). The molecular formula is C102H118F2N16O15S5. The molecule has 38 heteroatoms. The summed E-state index contributed by atoms with van der Waals surface area (Å²) in [4.78, 5) is 138. The van der Waals surface area contributed by atoms with Crippen molar-refractivity contribution in [2.45, 2.75) is 199 Å². The van der Waals surface area contributed by atoms with Crippen molar-refractivity contribution in [2.75, 3.05) is 98.2 Å². The number of likely N-dealkylation sites (N-methyl/N-ethyl adjacent to an activating group) is 5. The average molecular weight is 2010 g/mol. The third-order valence-corrected chi connectivity index (χ3v) is 30.2. The number of aryl methyl sites for hydroxylation is 3. The summed E-state index contributed by atoms with van der Waals surface area (Å²) >= 11 is 5.95. The molecule has 5 fully saturated rings. The smallest absolute Gasteiger partial charge is 0.284 e. The number of nitro groups is 5. The molecule has 31 nitrogen and oxygen atoms in total. The number of halogens is 2. The van der Waals surface area contributed by atoms with Crippen LogP contribution in [0.1, 0.15) is 167 Å². The molecule has 0 radical (unpaired) electrons. The second-order valence-electron chi connectivity index (χ2n) is 34.0. The number of amides is 5. The molecular weight excluding hydrogens is 1890 g/mol. The van der Waals surface area contributed by atoms with Crippen molar-refractivity contribution in [2.24, 2.45) is 0 Å². The molecule has 6 heterocycles. The predicted octanol–water partition coefficient (Wildman–Crippen LogP) is 20.4. The number of nitrogens with zero attached hydrogens (tertiary/aromatic N) is 11. The number of hydrogen-bond acceptors (Lipinski definition) is 26. The molecule has 5 atom stereocenters. The Morgan fingerprint density at radius 1 is 0.321 bits per heavy atom. The first-order valence-corrected chi connectivity index (χ1v) is 51.0. The van der Waals surface area contributed by atoms with Crippen LogP contribution < -0.4 is 26.6 Å². The van der Waals surface area contributed by atoms with E-state index in [2.05, 4.69) is 90.7 Å². The highest BCUT2D eigenvalue weighted by Crippen LogP contribution is 2.42. The van der Waals surface area contributed by atoms with Crippen LogP contribution in [0.2, 0.25) is 0 Å². The Morgan fingerprint density at radius 2 is 0.629 bits per heavy atom. The van der Waals surface area contributed by atoms with Gasteiger partial charge in [0.2, 0.25) is 0 Å². The lowest BCUT2D eigenvalue weighted by molar-refractivity contribution is -0.387. The number of nitro benzene ring substituents is 5. The molecule has 740 valence electrons. The highest BCUT2D eigenvalue weighted by molar-refractivity contribution is 8.00. The normalized spacial score (nSPS) is 16.9. The summed E-state index contributed by atoms with van der Waals surface area (Å²) in [5.41, 5.74) is 3.60. The van der Waals surface area contributed by atoms with E-state index in [-0.39, 0.29) is 74.9 Å². The van der Waals surface area contributed by atoms with Gasteiger partial charge in [-0.25, -0.2) is 13.8 Å². The van der Waals surface area contributed by atoms with Crippen molar-refractivity contribution in [3.05, 3.63) is 313 Å². The van der Waals surface area contributed by atoms with Gasteiger partial charge in [0.25, 0.3) is 58.0 Å². The first-order valence-electron chi connectivity index (χ1n) is 46.9. The van der Waals surface area contributed by atoms with Gasteiger partial charge in [-0.05, 0) is 277 Å². The number of pyridine rings is 1. The van der Waals surface area contributed by atoms with Crippen molar-refractivity contribution in [1.82, 2.24) is 56.1 Å². The van der Waals surface area contributed by atoms with Gasteiger partial charge in [-0.1, -0.05) is 153 Å². The van der Waals surface area contributed by atoms with Crippen LogP contribution in [-0.4, -0.2) is 212 Å². The maximum Gasteiger partial charge on any atom is 0.284 e. The molecule has 5 aliphatic heterocycles. The van der Waals surface area contributed by atoms with Crippen molar-refractivity contribution in [3.63, 3.8) is 0 Å². The van der Waals surface area contributed by atoms with Gasteiger partial charge >= 0.3 is 0 Å². The van der Waals surface area contributed by atoms with E-state index in [4.69, 9.17) is 0 Å². The number of benzene rings is 9. The van der Waals surface area contributed by atoms with E-state index in [1.54, 1.807) is 104 Å². The summed E-state index contributed by atoms with van der Waals surface area (Å²) in [6.07, 6.45) is 12.6. The maximum absolute atomic E-state index is 13.9. The van der Waals surface area contributed by atoms with Crippen LogP contribution in [0.3, 0.4) is 0 Å². The summed E-state index contributed by atoms with van der Waals surface area (Å²) in [7, 11) is 0. The van der Waals surface area contributed by atoms with Crippen molar-refractivity contribution < 1.29 is 57.4 Å². The van der Waals surface area contributed by atoms with E-state index in [1.165, 1.54) is 89.9 Å². The van der Waals surface area contributed by atoms with Crippen LogP contribution in [0.25, 0.3) is 0 Å². The fourth-order valence-corrected chi connectivity index (χ4v) is 21.8. The number of carbonyl (C=O) groups excluding carboxylic acids is 5. The zero-order chi connectivity index (χ0) is 100. The van der Waals surface area contributed by atoms with E-state index < -0.39 is 30.4 Å². The lowest BCUT2D eigenvalue weighted by atomic mass is 10.1.